The molecule has 0 aliphatic heterocycles. The van der Waals surface area contributed by atoms with E-state index in [-0.39, 0.29) is 0 Å². The number of para-hydroxylation sites is 2. The van der Waals surface area contributed by atoms with Crippen molar-refractivity contribution in [3.8, 4) is 56.2 Å². The van der Waals surface area contributed by atoms with E-state index >= 15 is 0 Å². The minimum absolute atomic E-state index is 0.707. The van der Waals surface area contributed by atoms with Crippen LogP contribution >= 0.6 is 0 Å². The third-order valence-corrected chi connectivity index (χ3v) is 10.0. The maximum atomic E-state index is 5.23. The molecule has 8 aromatic carbocycles. The molecule has 0 atom stereocenters. The summed E-state index contributed by atoms with van der Waals surface area (Å²) in [6.07, 6.45) is 0. The van der Waals surface area contributed by atoms with E-state index in [2.05, 4.69) is 176 Å². The summed E-state index contributed by atoms with van der Waals surface area (Å²) in [6, 6.07) is 66.2. The number of rotatable bonds is 5. The maximum absolute atomic E-state index is 5.23. The van der Waals surface area contributed by atoms with Gasteiger partial charge >= 0.3 is 0 Å². The van der Waals surface area contributed by atoms with Gasteiger partial charge in [0.2, 0.25) is 0 Å². The summed E-state index contributed by atoms with van der Waals surface area (Å²) in [4.78, 5) is 15.4. The number of benzene rings is 8. The zero-order chi connectivity index (χ0) is 34.4. The molecule has 0 aliphatic carbocycles. The third-order valence-electron chi connectivity index (χ3n) is 10.0. The first-order valence-electron chi connectivity index (χ1n) is 17.6. The summed E-state index contributed by atoms with van der Waals surface area (Å²) in [5.41, 5.74) is 11.6. The molecule has 0 N–H and O–H groups in total. The van der Waals surface area contributed by atoms with Crippen LogP contribution in [0.1, 0.15) is 0 Å². The predicted octanol–water partition coefficient (Wildman–Crippen LogP) is 12.8. The Morgan fingerprint density at radius 2 is 0.788 bits per heavy atom. The zero-order valence-corrected chi connectivity index (χ0v) is 28.2. The Labute approximate surface area is 301 Å². The molecule has 10 rings (SSSR count). The van der Waals surface area contributed by atoms with Crippen molar-refractivity contribution < 1.29 is 0 Å². The monoisotopic (exact) mass is 661 g/mol. The van der Waals surface area contributed by atoms with Gasteiger partial charge in [0.25, 0.3) is 0 Å². The Hall–Kier alpha value is -6.97. The van der Waals surface area contributed by atoms with Crippen molar-refractivity contribution in [1.29, 1.82) is 0 Å². The van der Waals surface area contributed by atoms with Crippen LogP contribution in [0.5, 0.6) is 0 Å². The van der Waals surface area contributed by atoms with Crippen LogP contribution in [0.2, 0.25) is 0 Å². The lowest BCUT2D eigenvalue weighted by atomic mass is 9.94. The SMILES string of the molecule is c1ccc(-c2cccc(-c3nc(-c4ccc(-c5cccc(-c6nc7ccccc7c7c6ccc6ccccc67)c5)cc4)nc4ccccc34)c2)cc1. The van der Waals surface area contributed by atoms with E-state index in [9.17, 15) is 0 Å². The van der Waals surface area contributed by atoms with Crippen LogP contribution < -0.4 is 0 Å². The predicted molar refractivity (Wildman–Crippen MR) is 217 cm³/mol. The van der Waals surface area contributed by atoms with E-state index < -0.39 is 0 Å². The van der Waals surface area contributed by atoms with Gasteiger partial charge in [-0.15, -0.1) is 0 Å². The summed E-state index contributed by atoms with van der Waals surface area (Å²) in [6.45, 7) is 0. The minimum atomic E-state index is 0.707. The molecule has 0 radical (unpaired) electrons. The van der Waals surface area contributed by atoms with Crippen LogP contribution in [0.15, 0.2) is 188 Å². The van der Waals surface area contributed by atoms with Crippen molar-refractivity contribution >= 4 is 43.4 Å². The lowest BCUT2D eigenvalue weighted by Crippen LogP contribution is -1.95. The van der Waals surface area contributed by atoms with Gasteiger partial charge in [0.15, 0.2) is 5.82 Å². The van der Waals surface area contributed by atoms with Crippen LogP contribution in [-0.4, -0.2) is 15.0 Å². The second-order valence-electron chi connectivity index (χ2n) is 13.2. The Morgan fingerprint density at radius 1 is 0.269 bits per heavy atom. The molecule has 3 heteroatoms. The highest BCUT2D eigenvalue weighted by atomic mass is 14.9. The van der Waals surface area contributed by atoms with Crippen molar-refractivity contribution in [3.05, 3.63) is 188 Å². The van der Waals surface area contributed by atoms with E-state index in [1.807, 2.05) is 12.1 Å². The first-order chi connectivity index (χ1) is 25.8. The van der Waals surface area contributed by atoms with Gasteiger partial charge in [-0.05, 0) is 57.3 Å². The Balaban J connectivity index is 1.04. The molecule has 0 saturated heterocycles. The number of hydrogen-bond acceptors (Lipinski definition) is 3. The molecule has 0 amide bonds. The second kappa shape index (κ2) is 12.4. The van der Waals surface area contributed by atoms with Gasteiger partial charge in [-0.3, -0.25) is 0 Å². The van der Waals surface area contributed by atoms with Crippen molar-refractivity contribution in [2.45, 2.75) is 0 Å². The smallest absolute Gasteiger partial charge is 0.160 e. The molecule has 0 spiro atoms. The van der Waals surface area contributed by atoms with Crippen molar-refractivity contribution in [2.75, 3.05) is 0 Å². The van der Waals surface area contributed by atoms with E-state index in [1.165, 1.54) is 27.1 Å². The van der Waals surface area contributed by atoms with Gasteiger partial charge in [0, 0.05) is 38.2 Å². The largest absolute Gasteiger partial charge is 0.247 e. The molecule has 2 heterocycles. The quantitative estimate of drug-likeness (QED) is 0.172. The summed E-state index contributed by atoms with van der Waals surface area (Å²) < 4.78 is 0. The van der Waals surface area contributed by atoms with Gasteiger partial charge in [0.1, 0.15) is 0 Å². The molecule has 10 aromatic rings. The minimum Gasteiger partial charge on any atom is -0.247 e. The van der Waals surface area contributed by atoms with Crippen LogP contribution in [-0.2, 0) is 0 Å². The fourth-order valence-corrected chi connectivity index (χ4v) is 7.50. The molecular weight excluding hydrogens is 631 g/mol. The second-order valence-corrected chi connectivity index (χ2v) is 13.2. The van der Waals surface area contributed by atoms with E-state index in [4.69, 9.17) is 15.0 Å². The normalized spacial score (nSPS) is 11.5. The highest BCUT2D eigenvalue weighted by Gasteiger charge is 2.15. The van der Waals surface area contributed by atoms with E-state index in [0.717, 1.165) is 66.6 Å². The topological polar surface area (TPSA) is 38.7 Å². The van der Waals surface area contributed by atoms with Crippen molar-refractivity contribution in [1.82, 2.24) is 15.0 Å². The van der Waals surface area contributed by atoms with Crippen LogP contribution in [0.3, 0.4) is 0 Å². The third kappa shape index (κ3) is 5.19. The summed E-state index contributed by atoms with van der Waals surface area (Å²) in [5, 5.41) is 7.09. The zero-order valence-electron chi connectivity index (χ0n) is 28.2. The Bertz CT molecular complexity index is 2930. The highest BCUT2D eigenvalue weighted by molar-refractivity contribution is 6.22. The summed E-state index contributed by atoms with van der Waals surface area (Å²) in [5.74, 6) is 0.707. The van der Waals surface area contributed by atoms with Crippen LogP contribution in [0, 0.1) is 0 Å². The van der Waals surface area contributed by atoms with Gasteiger partial charge < -0.3 is 0 Å². The van der Waals surface area contributed by atoms with Crippen molar-refractivity contribution in [3.63, 3.8) is 0 Å². The molecule has 0 unspecified atom stereocenters. The van der Waals surface area contributed by atoms with E-state index in [0.29, 0.717) is 5.82 Å². The van der Waals surface area contributed by atoms with Crippen LogP contribution in [0.4, 0.5) is 0 Å². The maximum Gasteiger partial charge on any atom is 0.160 e. The number of fused-ring (bicyclic) bond motifs is 6. The fourth-order valence-electron chi connectivity index (χ4n) is 7.50. The first-order valence-corrected chi connectivity index (χ1v) is 17.6. The average molecular weight is 662 g/mol. The first kappa shape index (κ1) is 29.9. The Kier molecular flexibility index (Phi) is 7.14. The number of nitrogens with zero attached hydrogens (tertiary/aromatic N) is 3. The standard InChI is InChI=1S/C49H31N3/c1-2-12-32(13-3-1)36-15-10-17-38(30-36)47-42-21-7-9-23-45(42)51-49(52-47)35-26-24-33(25-27-35)37-16-11-18-39(31-37)48-43-29-28-34-14-4-5-19-40(34)46(43)41-20-6-8-22-44(41)50-48/h1-31H. The van der Waals surface area contributed by atoms with Gasteiger partial charge in [-0.2, -0.15) is 0 Å². The van der Waals surface area contributed by atoms with Crippen LogP contribution in [0.25, 0.3) is 99.5 Å². The number of aromatic nitrogens is 3. The van der Waals surface area contributed by atoms with Crippen molar-refractivity contribution in [2.24, 2.45) is 0 Å². The molecule has 0 fully saturated rings. The Morgan fingerprint density at radius 3 is 1.52 bits per heavy atom. The average Bonchev–Trinajstić information content (AvgIpc) is 3.23. The lowest BCUT2D eigenvalue weighted by molar-refractivity contribution is 1.23. The molecule has 242 valence electrons. The molecule has 0 saturated carbocycles. The highest BCUT2D eigenvalue weighted by Crippen LogP contribution is 2.38. The van der Waals surface area contributed by atoms with Gasteiger partial charge in [-0.1, -0.05) is 164 Å². The van der Waals surface area contributed by atoms with Gasteiger partial charge in [-0.25, -0.2) is 15.0 Å². The summed E-state index contributed by atoms with van der Waals surface area (Å²) >= 11 is 0. The number of hydrogen-bond donors (Lipinski definition) is 0. The lowest BCUT2D eigenvalue weighted by Gasteiger charge is -2.14. The van der Waals surface area contributed by atoms with E-state index in [1.54, 1.807) is 0 Å². The molecule has 0 bridgehead atoms. The number of pyridine rings is 1. The molecule has 0 aliphatic rings. The molecule has 2 aromatic heterocycles. The molecule has 52 heavy (non-hydrogen) atoms. The van der Waals surface area contributed by atoms with Gasteiger partial charge in [0.05, 0.1) is 22.4 Å². The fraction of sp³-hybridized carbons (Fsp3) is 0. The molecule has 3 nitrogen and oxygen atoms in total. The summed E-state index contributed by atoms with van der Waals surface area (Å²) in [7, 11) is 0. The molecular formula is C49H31N3.